The van der Waals surface area contributed by atoms with E-state index in [1.807, 2.05) is 6.26 Å². The van der Waals surface area contributed by atoms with Crippen LogP contribution in [-0.4, -0.2) is 35.8 Å². The smallest absolute Gasteiger partial charge is 0.106 e. The quantitative estimate of drug-likeness (QED) is 0.500. The fraction of sp³-hybridized carbons (Fsp3) is 0.857. The molecule has 60 valence electrons. The maximum atomic E-state index is 7.55. The van der Waals surface area contributed by atoms with Crippen LogP contribution in [0.15, 0.2) is 0 Å². The molecule has 0 rings (SSSR count). The molecule has 0 saturated carbocycles. The molecule has 0 bridgehead atoms. The summed E-state index contributed by atoms with van der Waals surface area (Å²) < 4.78 is 0. The topological polar surface area (TPSA) is 27.1 Å². The van der Waals surface area contributed by atoms with Gasteiger partial charge in [0.15, 0.2) is 0 Å². The summed E-state index contributed by atoms with van der Waals surface area (Å²) in [5, 5.41) is 7.55. The van der Waals surface area contributed by atoms with E-state index < -0.39 is 0 Å². The summed E-state index contributed by atoms with van der Waals surface area (Å²) in [5.41, 5.74) is 0. The standard InChI is InChI=1S/C7H16N2S/c1-4-9(5-2)7(8)6-10-3/h8H,4-6H2,1-3H3. The first-order valence-electron chi connectivity index (χ1n) is 3.57. The summed E-state index contributed by atoms with van der Waals surface area (Å²) >= 11 is 1.70. The lowest BCUT2D eigenvalue weighted by atomic mass is 10.5. The van der Waals surface area contributed by atoms with Crippen molar-refractivity contribution in [1.29, 1.82) is 5.41 Å². The van der Waals surface area contributed by atoms with Gasteiger partial charge in [-0.15, -0.1) is 0 Å². The van der Waals surface area contributed by atoms with E-state index in [9.17, 15) is 0 Å². The lowest BCUT2D eigenvalue weighted by Crippen LogP contribution is -2.31. The molecule has 0 unspecified atom stereocenters. The van der Waals surface area contributed by atoms with E-state index in [1.54, 1.807) is 11.8 Å². The van der Waals surface area contributed by atoms with Gasteiger partial charge in [-0.1, -0.05) is 0 Å². The Balaban J connectivity index is 3.65. The normalized spacial score (nSPS) is 9.50. The molecule has 10 heavy (non-hydrogen) atoms. The minimum absolute atomic E-state index is 0.748. The van der Waals surface area contributed by atoms with Gasteiger partial charge in [0.2, 0.25) is 0 Å². The number of rotatable bonds is 4. The van der Waals surface area contributed by atoms with Crippen molar-refractivity contribution in [1.82, 2.24) is 4.90 Å². The third kappa shape index (κ3) is 3.11. The molecule has 0 heterocycles. The Morgan fingerprint density at radius 1 is 1.40 bits per heavy atom. The highest BCUT2D eigenvalue weighted by Gasteiger charge is 2.02. The van der Waals surface area contributed by atoms with Crippen molar-refractivity contribution >= 4 is 17.6 Å². The molecule has 0 atom stereocenters. The highest BCUT2D eigenvalue weighted by atomic mass is 32.2. The molecule has 0 aliphatic rings. The third-order valence-electron chi connectivity index (χ3n) is 1.43. The molecule has 0 aliphatic heterocycles. The van der Waals surface area contributed by atoms with Gasteiger partial charge in [0.1, 0.15) is 5.84 Å². The van der Waals surface area contributed by atoms with Crippen LogP contribution in [0, 0.1) is 5.41 Å². The van der Waals surface area contributed by atoms with Crippen molar-refractivity contribution in [2.45, 2.75) is 13.8 Å². The first-order valence-corrected chi connectivity index (χ1v) is 4.96. The molecule has 0 aliphatic carbocycles. The largest absolute Gasteiger partial charge is 0.360 e. The predicted octanol–water partition coefficient (Wildman–Crippen LogP) is 1.67. The second kappa shape index (κ2) is 5.59. The molecule has 0 aromatic rings. The summed E-state index contributed by atoms with van der Waals surface area (Å²) in [5.74, 6) is 1.58. The zero-order valence-corrected chi connectivity index (χ0v) is 7.79. The zero-order chi connectivity index (χ0) is 7.98. The monoisotopic (exact) mass is 160 g/mol. The van der Waals surface area contributed by atoms with Gasteiger partial charge in [0.25, 0.3) is 0 Å². The molecule has 0 saturated heterocycles. The van der Waals surface area contributed by atoms with Gasteiger partial charge in [-0.2, -0.15) is 11.8 Å². The molecule has 0 aromatic heterocycles. The Kier molecular flexibility index (Phi) is 5.49. The van der Waals surface area contributed by atoms with E-state index >= 15 is 0 Å². The predicted molar refractivity (Wildman–Crippen MR) is 49.0 cm³/mol. The van der Waals surface area contributed by atoms with E-state index in [2.05, 4.69) is 18.7 Å². The summed E-state index contributed by atoms with van der Waals surface area (Å²) in [4.78, 5) is 2.07. The highest BCUT2D eigenvalue weighted by molar-refractivity contribution is 7.99. The average Bonchev–Trinajstić information content (AvgIpc) is 1.91. The second-order valence-corrected chi connectivity index (χ2v) is 2.92. The van der Waals surface area contributed by atoms with Crippen LogP contribution < -0.4 is 0 Å². The molecule has 2 nitrogen and oxygen atoms in total. The third-order valence-corrected chi connectivity index (χ3v) is 1.99. The van der Waals surface area contributed by atoms with Gasteiger partial charge < -0.3 is 4.90 Å². The van der Waals surface area contributed by atoms with Crippen molar-refractivity contribution < 1.29 is 0 Å². The van der Waals surface area contributed by atoms with Crippen molar-refractivity contribution in [3.05, 3.63) is 0 Å². The van der Waals surface area contributed by atoms with Crippen LogP contribution in [0.3, 0.4) is 0 Å². The fourth-order valence-electron chi connectivity index (χ4n) is 0.833. The first-order chi connectivity index (χ1) is 4.76. The number of amidine groups is 1. The Labute approximate surface area is 67.5 Å². The minimum Gasteiger partial charge on any atom is -0.360 e. The molecule has 0 spiro atoms. The van der Waals surface area contributed by atoms with E-state index in [1.165, 1.54) is 0 Å². The molecular weight excluding hydrogens is 144 g/mol. The Hall–Kier alpha value is -0.180. The van der Waals surface area contributed by atoms with E-state index in [0.717, 1.165) is 24.7 Å². The lowest BCUT2D eigenvalue weighted by Gasteiger charge is -2.20. The molecular formula is C7H16N2S. The van der Waals surface area contributed by atoms with Gasteiger partial charge in [-0.3, -0.25) is 5.41 Å². The van der Waals surface area contributed by atoms with Crippen LogP contribution >= 0.6 is 11.8 Å². The van der Waals surface area contributed by atoms with Gasteiger partial charge >= 0.3 is 0 Å². The number of nitrogens with zero attached hydrogens (tertiary/aromatic N) is 1. The Morgan fingerprint density at radius 3 is 2.20 bits per heavy atom. The number of nitrogens with one attached hydrogen (secondary N) is 1. The van der Waals surface area contributed by atoms with Crippen molar-refractivity contribution in [3.63, 3.8) is 0 Å². The molecule has 0 fully saturated rings. The highest BCUT2D eigenvalue weighted by Crippen LogP contribution is 1.97. The van der Waals surface area contributed by atoms with E-state index in [0.29, 0.717) is 0 Å². The van der Waals surface area contributed by atoms with Crippen LogP contribution in [0.5, 0.6) is 0 Å². The zero-order valence-electron chi connectivity index (χ0n) is 6.98. The fourth-order valence-corrected chi connectivity index (χ4v) is 1.29. The Bertz CT molecular complexity index is 99.8. The first kappa shape index (κ1) is 9.82. The van der Waals surface area contributed by atoms with Crippen LogP contribution in [0.1, 0.15) is 13.8 Å². The maximum absolute atomic E-state index is 7.55. The molecule has 1 N–H and O–H groups in total. The summed E-state index contributed by atoms with van der Waals surface area (Å²) in [6.07, 6.45) is 2.03. The number of thioether (sulfide) groups is 1. The minimum atomic E-state index is 0.748. The second-order valence-electron chi connectivity index (χ2n) is 2.05. The van der Waals surface area contributed by atoms with Gasteiger partial charge in [-0.05, 0) is 20.1 Å². The molecule has 0 radical (unpaired) electrons. The van der Waals surface area contributed by atoms with Crippen LogP contribution in [0.4, 0.5) is 0 Å². The Morgan fingerprint density at radius 2 is 1.90 bits per heavy atom. The van der Waals surface area contributed by atoms with Gasteiger partial charge in [0, 0.05) is 13.1 Å². The maximum Gasteiger partial charge on any atom is 0.106 e. The van der Waals surface area contributed by atoms with Crippen LogP contribution in [0.2, 0.25) is 0 Å². The summed E-state index contributed by atoms with van der Waals surface area (Å²) in [6.45, 7) is 6.07. The van der Waals surface area contributed by atoms with Crippen LogP contribution in [-0.2, 0) is 0 Å². The van der Waals surface area contributed by atoms with Crippen molar-refractivity contribution in [2.24, 2.45) is 0 Å². The average molecular weight is 160 g/mol. The van der Waals surface area contributed by atoms with Crippen molar-refractivity contribution in [2.75, 3.05) is 25.1 Å². The van der Waals surface area contributed by atoms with E-state index in [-0.39, 0.29) is 0 Å². The van der Waals surface area contributed by atoms with Gasteiger partial charge in [0.05, 0.1) is 5.75 Å². The number of hydrogen-bond acceptors (Lipinski definition) is 2. The molecule has 0 aromatic carbocycles. The van der Waals surface area contributed by atoms with Crippen molar-refractivity contribution in [3.8, 4) is 0 Å². The van der Waals surface area contributed by atoms with Crippen LogP contribution in [0.25, 0.3) is 0 Å². The number of hydrogen-bond donors (Lipinski definition) is 1. The molecule has 3 heteroatoms. The molecule has 0 amide bonds. The lowest BCUT2D eigenvalue weighted by molar-refractivity contribution is 0.461. The summed E-state index contributed by atoms with van der Waals surface area (Å²) in [6, 6.07) is 0. The SMILES string of the molecule is CCN(CC)C(=N)CSC. The summed E-state index contributed by atoms with van der Waals surface area (Å²) in [7, 11) is 0. The van der Waals surface area contributed by atoms with Gasteiger partial charge in [-0.25, -0.2) is 0 Å². The van der Waals surface area contributed by atoms with E-state index in [4.69, 9.17) is 5.41 Å².